The van der Waals surface area contributed by atoms with E-state index in [-0.39, 0.29) is 0 Å². The number of rotatable bonds is 6. The molecule has 0 heterocycles. The molecule has 2 aromatic carbocycles. The second-order valence-electron chi connectivity index (χ2n) is 4.49. The van der Waals surface area contributed by atoms with Crippen molar-refractivity contribution < 1.29 is 13.5 Å². The maximum absolute atomic E-state index is 13.6. The maximum Gasteiger partial charge on any atom is 0.131 e. The van der Waals surface area contributed by atoms with Crippen LogP contribution in [0.1, 0.15) is 11.1 Å². The van der Waals surface area contributed by atoms with E-state index in [0.29, 0.717) is 18.7 Å². The van der Waals surface area contributed by atoms with Crippen molar-refractivity contribution >= 4 is 5.69 Å². The van der Waals surface area contributed by atoms with Crippen LogP contribution in [-0.4, -0.2) is 13.7 Å². The Morgan fingerprint density at radius 1 is 1.05 bits per heavy atom. The number of ether oxygens (including phenoxy) is 1. The normalized spacial score (nSPS) is 10.6. The molecule has 20 heavy (non-hydrogen) atoms. The molecule has 0 unspecified atom stereocenters. The predicted molar refractivity (Wildman–Crippen MR) is 75.7 cm³/mol. The molecule has 0 aromatic heterocycles. The lowest BCUT2D eigenvalue weighted by Crippen LogP contribution is -2.05. The molecule has 0 fully saturated rings. The van der Waals surface area contributed by atoms with Crippen molar-refractivity contribution in [2.45, 2.75) is 13.0 Å². The van der Waals surface area contributed by atoms with Gasteiger partial charge in [0.2, 0.25) is 0 Å². The Morgan fingerprint density at radius 2 is 1.85 bits per heavy atom. The number of methoxy groups -OCH3 is 1. The zero-order valence-corrected chi connectivity index (χ0v) is 11.3. The lowest BCUT2D eigenvalue weighted by atomic mass is 10.1. The number of hydrogen-bond acceptors (Lipinski definition) is 2. The first kappa shape index (κ1) is 14.5. The van der Waals surface area contributed by atoms with Gasteiger partial charge in [0.25, 0.3) is 0 Å². The van der Waals surface area contributed by atoms with Crippen molar-refractivity contribution in [1.29, 1.82) is 0 Å². The molecule has 0 atom stereocenters. The van der Waals surface area contributed by atoms with Crippen LogP contribution in [0.25, 0.3) is 0 Å². The summed E-state index contributed by atoms with van der Waals surface area (Å²) < 4.78 is 31.5. The number of anilines is 1. The van der Waals surface area contributed by atoms with Crippen molar-refractivity contribution in [3.8, 4) is 0 Å². The minimum atomic E-state index is -0.563. The van der Waals surface area contributed by atoms with Crippen LogP contribution in [0, 0.1) is 11.6 Å². The maximum atomic E-state index is 13.6. The largest absolute Gasteiger partial charge is 0.384 e. The van der Waals surface area contributed by atoms with E-state index < -0.39 is 11.6 Å². The van der Waals surface area contributed by atoms with Gasteiger partial charge in [0.05, 0.1) is 6.61 Å². The van der Waals surface area contributed by atoms with Crippen LogP contribution in [0.4, 0.5) is 14.5 Å². The topological polar surface area (TPSA) is 21.3 Å². The van der Waals surface area contributed by atoms with Gasteiger partial charge >= 0.3 is 0 Å². The van der Waals surface area contributed by atoms with Crippen molar-refractivity contribution in [1.82, 2.24) is 0 Å². The summed E-state index contributed by atoms with van der Waals surface area (Å²) in [5.41, 5.74) is 2.48. The summed E-state index contributed by atoms with van der Waals surface area (Å²) in [7, 11) is 1.66. The van der Waals surface area contributed by atoms with Crippen LogP contribution in [0.2, 0.25) is 0 Å². The molecule has 2 nitrogen and oxygen atoms in total. The number of para-hydroxylation sites is 1. The fourth-order valence-corrected chi connectivity index (χ4v) is 1.98. The van der Waals surface area contributed by atoms with Gasteiger partial charge in [-0.25, -0.2) is 8.78 Å². The van der Waals surface area contributed by atoms with E-state index in [1.54, 1.807) is 7.11 Å². The molecule has 0 spiro atoms. The third-order valence-corrected chi connectivity index (χ3v) is 3.08. The first-order valence-electron chi connectivity index (χ1n) is 6.45. The highest BCUT2D eigenvalue weighted by atomic mass is 19.1. The van der Waals surface area contributed by atoms with Crippen LogP contribution in [0.3, 0.4) is 0 Å². The molecule has 0 saturated heterocycles. The molecule has 106 valence electrons. The van der Waals surface area contributed by atoms with Crippen molar-refractivity contribution in [2.75, 3.05) is 19.0 Å². The average molecular weight is 277 g/mol. The van der Waals surface area contributed by atoms with E-state index >= 15 is 0 Å². The molecule has 0 saturated carbocycles. The molecule has 0 aliphatic heterocycles. The Morgan fingerprint density at radius 3 is 2.60 bits per heavy atom. The van der Waals surface area contributed by atoms with Crippen LogP contribution < -0.4 is 5.32 Å². The molecule has 0 aliphatic rings. The number of halogens is 2. The van der Waals surface area contributed by atoms with Crippen LogP contribution >= 0.6 is 0 Å². The fourth-order valence-electron chi connectivity index (χ4n) is 1.98. The van der Waals surface area contributed by atoms with Crippen LogP contribution in [0.5, 0.6) is 0 Å². The highest BCUT2D eigenvalue weighted by Crippen LogP contribution is 2.18. The molecular formula is C16H17F2NO. The standard InChI is InChI=1S/C16H17F2NO/c1-20-9-8-12-4-2-3-5-16(12)19-11-13-6-7-14(17)10-15(13)18/h2-7,10,19H,8-9,11H2,1H3. The third kappa shape index (κ3) is 3.78. The van der Waals surface area contributed by atoms with E-state index in [0.717, 1.165) is 23.7 Å². The minimum Gasteiger partial charge on any atom is -0.384 e. The summed E-state index contributed by atoms with van der Waals surface area (Å²) >= 11 is 0. The fraction of sp³-hybridized carbons (Fsp3) is 0.250. The lowest BCUT2D eigenvalue weighted by molar-refractivity contribution is 0.202. The van der Waals surface area contributed by atoms with Crippen molar-refractivity contribution in [3.05, 3.63) is 65.2 Å². The van der Waals surface area contributed by atoms with E-state index in [4.69, 9.17) is 4.74 Å². The highest BCUT2D eigenvalue weighted by Gasteiger charge is 2.05. The number of hydrogen-bond donors (Lipinski definition) is 1. The smallest absolute Gasteiger partial charge is 0.131 e. The Kier molecular flexibility index (Phi) is 5.07. The predicted octanol–water partition coefficient (Wildman–Crippen LogP) is 3.77. The van der Waals surface area contributed by atoms with Gasteiger partial charge in [-0.05, 0) is 24.1 Å². The number of nitrogens with one attached hydrogen (secondary N) is 1. The quantitative estimate of drug-likeness (QED) is 0.868. The lowest BCUT2D eigenvalue weighted by Gasteiger charge is -2.12. The Bertz CT molecular complexity index is 572. The van der Waals surface area contributed by atoms with Crippen LogP contribution in [-0.2, 0) is 17.7 Å². The minimum absolute atomic E-state index is 0.316. The van der Waals surface area contributed by atoms with Gasteiger partial charge in [-0.15, -0.1) is 0 Å². The SMILES string of the molecule is COCCc1ccccc1NCc1ccc(F)cc1F. The average Bonchev–Trinajstić information content (AvgIpc) is 2.45. The molecule has 4 heteroatoms. The Hall–Kier alpha value is -1.94. The summed E-state index contributed by atoms with van der Waals surface area (Å²) in [6.45, 7) is 0.944. The molecule has 0 aliphatic carbocycles. The zero-order chi connectivity index (χ0) is 14.4. The molecule has 0 radical (unpaired) electrons. The zero-order valence-electron chi connectivity index (χ0n) is 11.3. The molecule has 2 rings (SSSR count). The van der Waals surface area contributed by atoms with E-state index in [9.17, 15) is 8.78 Å². The monoisotopic (exact) mass is 277 g/mol. The molecule has 2 aromatic rings. The van der Waals surface area contributed by atoms with Gasteiger partial charge in [0, 0.05) is 31.0 Å². The summed E-state index contributed by atoms with van der Waals surface area (Å²) in [4.78, 5) is 0. The second-order valence-corrected chi connectivity index (χ2v) is 4.49. The summed E-state index contributed by atoms with van der Waals surface area (Å²) in [6.07, 6.45) is 0.783. The van der Waals surface area contributed by atoms with Gasteiger partial charge in [-0.1, -0.05) is 24.3 Å². The summed E-state index contributed by atoms with van der Waals surface area (Å²) in [5, 5.41) is 3.18. The molecule has 1 N–H and O–H groups in total. The first-order chi connectivity index (χ1) is 9.70. The third-order valence-electron chi connectivity index (χ3n) is 3.08. The van der Waals surface area contributed by atoms with Gasteiger partial charge in [0.15, 0.2) is 0 Å². The Labute approximate surface area is 117 Å². The van der Waals surface area contributed by atoms with E-state index in [2.05, 4.69) is 5.32 Å². The summed E-state index contributed by atoms with van der Waals surface area (Å²) in [5.74, 6) is -1.10. The van der Waals surface area contributed by atoms with Gasteiger partial charge in [-0.2, -0.15) is 0 Å². The van der Waals surface area contributed by atoms with Crippen LogP contribution in [0.15, 0.2) is 42.5 Å². The number of benzene rings is 2. The van der Waals surface area contributed by atoms with E-state index in [1.807, 2.05) is 24.3 Å². The molecule has 0 bridgehead atoms. The molecule has 0 amide bonds. The van der Waals surface area contributed by atoms with Gasteiger partial charge < -0.3 is 10.1 Å². The van der Waals surface area contributed by atoms with E-state index in [1.165, 1.54) is 12.1 Å². The Balaban J connectivity index is 2.06. The highest BCUT2D eigenvalue weighted by molar-refractivity contribution is 5.51. The van der Waals surface area contributed by atoms with Gasteiger partial charge in [0.1, 0.15) is 11.6 Å². The molecular weight excluding hydrogens is 260 g/mol. The van der Waals surface area contributed by atoms with Gasteiger partial charge in [-0.3, -0.25) is 0 Å². The first-order valence-corrected chi connectivity index (χ1v) is 6.45. The summed E-state index contributed by atoms with van der Waals surface area (Å²) in [6, 6.07) is 11.4. The van der Waals surface area contributed by atoms with Crippen molar-refractivity contribution in [3.63, 3.8) is 0 Å². The van der Waals surface area contributed by atoms with Crippen molar-refractivity contribution in [2.24, 2.45) is 0 Å². The second kappa shape index (κ2) is 7.01.